The third-order valence-electron chi connectivity index (χ3n) is 9.76. The van der Waals surface area contributed by atoms with Gasteiger partial charge in [0, 0.05) is 37.1 Å². The molecule has 7 atom stereocenters. The van der Waals surface area contributed by atoms with Crippen molar-refractivity contribution in [1.82, 2.24) is 30.2 Å². The number of hydrogen-bond donors (Lipinski definition) is 11. The Morgan fingerprint density at radius 2 is 1.48 bits per heavy atom. The molecule has 29 heteroatoms. The molecule has 0 saturated carbocycles. The number of anilines is 1. The third kappa shape index (κ3) is 22.3. The van der Waals surface area contributed by atoms with E-state index in [0.717, 1.165) is 30.1 Å². The largest absolute Gasteiger partial charge is 0.481 e. The number of aliphatic carboxylic acids is 1. The van der Waals surface area contributed by atoms with Crippen molar-refractivity contribution in [2.75, 3.05) is 37.8 Å². The second kappa shape index (κ2) is 28.6. The molecule has 3 rings (SSSR count). The number of rotatable bonds is 31. The number of imidazole rings is 1. The molecule has 0 bridgehead atoms. The molecular weight excluding hydrogens is 943 g/mol. The Balaban J connectivity index is 0.000000720. The van der Waals surface area contributed by atoms with Gasteiger partial charge in [-0.3, -0.25) is 32.5 Å². The van der Waals surface area contributed by atoms with E-state index in [1.807, 2.05) is 0 Å². The van der Waals surface area contributed by atoms with Gasteiger partial charge in [-0.05, 0) is 6.42 Å². The molecule has 3 heterocycles. The number of hydrogen-bond acceptors (Lipinski definition) is 18. The molecule has 65 heavy (non-hydrogen) atoms. The predicted octanol–water partition coefficient (Wildman–Crippen LogP) is 3.50. The number of aliphatic hydroxyl groups excluding tert-OH is 2. The van der Waals surface area contributed by atoms with E-state index in [1.54, 1.807) is 0 Å². The Labute approximate surface area is 382 Å². The molecule has 0 radical (unpaired) electrons. The van der Waals surface area contributed by atoms with Crippen LogP contribution in [0.4, 0.5) is 5.82 Å². The number of nitrogens with one attached hydrogen (secondary N) is 2. The Hall–Kier alpha value is -2.64. The first-order valence-corrected chi connectivity index (χ1v) is 26.3. The number of amides is 2. The number of aromatic nitrogens is 4. The number of carboxylic acids is 1. The summed E-state index contributed by atoms with van der Waals surface area (Å²) in [5.41, 5.74) is 4.30. The minimum atomic E-state index is -5.54. The molecule has 2 amide bonds. The van der Waals surface area contributed by atoms with Gasteiger partial charge in [-0.1, -0.05) is 91.4 Å². The Bertz CT molecular complexity index is 1930. The summed E-state index contributed by atoms with van der Waals surface area (Å²) in [7, 11) is -16.3. The van der Waals surface area contributed by atoms with Crippen molar-refractivity contribution >= 4 is 70.9 Å². The van der Waals surface area contributed by atoms with E-state index in [-0.39, 0.29) is 35.9 Å². The van der Waals surface area contributed by atoms with Gasteiger partial charge in [0.15, 0.2) is 17.7 Å². The lowest BCUT2D eigenvalue weighted by Crippen LogP contribution is -2.46. The van der Waals surface area contributed by atoms with E-state index in [0.29, 0.717) is 18.7 Å². The molecule has 0 spiro atoms. The molecular formula is C36H66N7O18P3S. The van der Waals surface area contributed by atoms with Crippen LogP contribution in [0.3, 0.4) is 0 Å². The van der Waals surface area contributed by atoms with Gasteiger partial charge in [0.1, 0.15) is 36.3 Å². The molecule has 25 nitrogen and oxygen atoms in total. The highest BCUT2D eigenvalue weighted by atomic mass is 32.1. The van der Waals surface area contributed by atoms with Crippen molar-refractivity contribution in [3.63, 3.8) is 0 Å². The summed E-state index contributed by atoms with van der Waals surface area (Å²) in [6.45, 7) is 2.98. The Morgan fingerprint density at radius 3 is 2.05 bits per heavy atom. The molecule has 2 aromatic rings. The van der Waals surface area contributed by atoms with Crippen LogP contribution in [0.1, 0.15) is 117 Å². The van der Waals surface area contributed by atoms with Crippen molar-refractivity contribution in [3.8, 4) is 0 Å². The number of carbonyl (C=O) groups excluding carboxylic acids is 2. The van der Waals surface area contributed by atoms with E-state index in [4.69, 9.17) is 24.6 Å². The molecule has 1 saturated heterocycles. The summed E-state index contributed by atoms with van der Waals surface area (Å²) >= 11 is 3.95. The highest BCUT2D eigenvalue weighted by Gasteiger charge is 2.50. The summed E-state index contributed by atoms with van der Waals surface area (Å²) < 4.78 is 61.7. The number of phosphoric ester groups is 3. The van der Waals surface area contributed by atoms with Crippen LogP contribution in [0.25, 0.3) is 11.2 Å². The number of carboxylic acid groups (broad SMARTS) is 1. The lowest BCUT2D eigenvalue weighted by molar-refractivity contribution is -0.137. The molecule has 11 N–H and O–H groups in total. The monoisotopic (exact) mass is 1010 g/mol. The fourth-order valence-electron chi connectivity index (χ4n) is 6.25. The van der Waals surface area contributed by atoms with Crippen LogP contribution in [-0.4, -0.2) is 129 Å². The van der Waals surface area contributed by atoms with Gasteiger partial charge in [0.2, 0.25) is 11.8 Å². The van der Waals surface area contributed by atoms with Crippen molar-refractivity contribution in [3.05, 3.63) is 12.7 Å². The van der Waals surface area contributed by atoms with Crippen LogP contribution in [0.5, 0.6) is 0 Å². The quantitative estimate of drug-likeness (QED) is 0.0292. The zero-order chi connectivity index (χ0) is 48.8. The minimum absolute atomic E-state index is 0.0363. The smallest absolute Gasteiger partial charge is 0.481 e. The fraction of sp³-hybridized carbons (Fsp3) is 0.778. The highest BCUT2D eigenvalue weighted by molar-refractivity contribution is 7.80. The zero-order valence-electron chi connectivity index (χ0n) is 36.8. The lowest BCUT2D eigenvalue weighted by atomic mass is 9.87. The van der Waals surface area contributed by atoms with Crippen molar-refractivity contribution in [2.24, 2.45) is 5.41 Å². The van der Waals surface area contributed by atoms with Crippen LogP contribution in [0.2, 0.25) is 0 Å². The van der Waals surface area contributed by atoms with Gasteiger partial charge in [-0.15, -0.1) is 0 Å². The first-order valence-electron chi connectivity index (χ1n) is 21.1. The summed E-state index contributed by atoms with van der Waals surface area (Å²) in [4.78, 5) is 84.9. The summed E-state index contributed by atoms with van der Waals surface area (Å²) in [5, 5.41) is 34.6. The standard InChI is InChI=1S/C21H36N7O16P3S.C15H30O2/c1-21(2,16(31)19(32)24-4-3-12(29)23-5-6-48)8-41-47(38,39)44-46(36,37)40-7-11-15(43-45(33,34)35)14(30)20(42-11)28-10-27-13-17(22)25-9-26-18(13)28;1-2-3-4-5-6-7-8-9-10-11-12-13-14-15(16)17/h9-11,14-16,20,30-31,48H,3-8H2,1-2H3,(H,23,29)(H,24,32)(H,36,37)(H,38,39)(H2,22,25,26)(H2,33,34,35);2-14H2,1H3,(H,16,17)/t11-,14-,15-,16+,20-;/m1./s1. The maximum atomic E-state index is 12.6. The SMILES string of the molecule is CC(C)(COP(=O)(O)OP(=O)(O)OC[C@H]1O[C@@H](n2cnc3c(N)ncnc32)[C@H](O)[C@@H]1OP(=O)(O)O)[C@@H](O)C(=O)NCCC(=O)NCCS.CCCCCCCCCCCCCCC(=O)O. The van der Waals surface area contributed by atoms with E-state index in [9.17, 15) is 57.9 Å². The van der Waals surface area contributed by atoms with Crippen LogP contribution >= 0.6 is 36.1 Å². The molecule has 1 aliphatic heterocycles. The number of nitrogens with zero attached hydrogens (tertiary/aromatic N) is 4. The molecule has 1 aliphatic rings. The van der Waals surface area contributed by atoms with Gasteiger partial charge in [0.05, 0.1) is 19.5 Å². The van der Waals surface area contributed by atoms with Gasteiger partial charge >= 0.3 is 29.4 Å². The first-order chi connectivity index (χ1) is 30.4. The third-order valence-corrected chi connectivity index (χ3v) is 13.1. The number of nitrogen functional groups attached to an aromatic ring is 1. The van der Waals surface area contributed by atoms with E-state index >= 15 is 0 Å². The number of fused-ring (bicyclic) bond motifs is 1. The molecule has 2 unspecified atom stereocenters. The van der Waals surface area contributed by atoms with E-state index < -0.39 is 84.6 Å². The summed E-state index contributed by atoms with van der Waals surface area (Å²) in [6, 6.07) is 0. The van der Waals surface area contributed by atoms with Crippen molar-refractivity contribution < 1.29 is 85.6 Å². The van der Waals surface area contributed by atoms with Crippen LogP contribution in [0, 0.1) is 5.41 Å². The molecule has 0 aromatic carbocycles. The average molecular weight is 1010 g/mol. The number of carbonyl (C=O) groups is 3. The average Bonchev–Trinajstić information content (AvgIpc) is 3.78. The maximum absolute atomic E-state index is 12.6. The topological polar surface area (TPSA) is 384 Å². The number of unbranched alkanes of at least 4 members (excludes halogenated alkanes) is 11. The number of phosphoric acid groups is 3. The Morgan fingerprint density at radius 1 is 0.892 bits per heavy atom. The predicted molar refractivity (Wildman–Crippen MR) is 237 cm³/mol. The Kier molecular flexibility index (Phi) is 25.8. The number of nitrogens with two attached hydrogens (primary N) is 1. The van der Waals surface area contributed by atoms with Crippen LogP contribution in [0.15, 0.2) is 12.7 Å². The molecule has 374 valence electrons. The van der Waals surface area contributed by atoms with Crippen LogP contribution < -0.4 is 16.4 Å². The normalized spacial score (nSPS) is 20.0. The second-order valence-electron chi connectivity index (χ2n) is 15.8. The molecule has 2 aromatic heterocycles. The van der Waals surface area contributed by atoms with Crippen molar-refractivity contribution in [2.45, 2.75) is 141 Å². The molecule has 0 aliphatic carbocycles. The highest BCUT2D eigenvalue weighted by Crippen LogP contribution is 2.61. The van der Waals surface area contributed by atoms with Gasteiger partial charge in [0.25, 0.3) is 0 Å². The van der Waals surface area contributed by atoms with Crippen LogP contribution in [-0.2, 0) is 50.7 Å². The number of thiol groups is 1. The number of ether oxygens (including phenoxy) is 1. The van der Waals surface area contributed by atoms with Gasteiger partial charge < -0.3 is 56.0 Å². The van der Waals surface area contributed by atoms with E-state index in [1.165, 1.54) is 78.1 Å². The summed E-state index contributed by atoms with van der Waals surface area (Å²) in [6.07, 6.45) is 9.07. The molecule has 1 fully saturated rings. The zero-order valence-corrected chi connectivity index (χ0v) is 40.3. The van der Waals surface area contributed by atoms with Gasteiger partial charge in [-0.25, -0.2) is 28.6 Å². The maximum Gasteiger partial charge on any atom is 0.481 e. The minimum Gasteiger partial charge on any atom is -0.481 e. The fourth-order valence-corrected chi connectivity index (χ4v) is 9.19. The lowest BCUT2D eigenvalue weighted by Gasteiger charge is -2.30. The van der Waals surface area contributed by atoms with Gasteiger partial charge in [-0.2, -0.15) is 16.9 Å². The second-order valence-corrected chi connectivity index (χ2v) is 20.5. The number of aliphatic hydroxyl groups is 2. The summed E-state index contributed by atoms with van der Waals surface area (Å²) in [5.74, 6) is -1.60. The van der Waals surface area contributed by atoms with E-state index in [2.05, 4.69) is 54.0 Å². The van der Waals surface area contributed by atoms with Crippen molar-refractivity contribution in [1.29, 1.82) is 0 Å². The first kappa shape index (κ1) is 58.5.